The van der Waals surface area contributed by atoms with Gasteiger partial charge in [-0.1, -0.05) is 29.8 Å². The van der Waals surface area contributed by atoms with E-state index >= 15 is 0 Å². The third kappa shape index (κ3) is 2.24. The highest BCUT2D eigenvalue weighted by Gasteiger charge is 1.88. The van der Waals surface area contributed by atoms with Gasteiger partial charge in [-0.25, -0.2) is 4.98 Å². The molecule has 2 aromatic rings. The van der Waals surface area contributed by atoms with E-state index in [0.717, 1.165) is 16.3 Å². The van der Waals surface area contributed by atoms with Crippen LogP contribution in [-0.4, -0.2) is 9.97 Å². The van der Waals surface area contributed by atoms with Gasteiger partial charge in [0.2, 0.25) is 0 Å². The molecule has 0 aliphatic carbocycles. The number of nitrogens with zero attached hydrogens (tertiary/aromatic N) is 1. The molecule has 70 valence electrons. The largest absolute Gasteiger partial charge is 0.345 e. The molecule has 0 radical (unpaired) electrons. The third-order valence-electron chi connectivity index (χ3n) is 1.84. The molecule has 1 heterocycles. The van der Waals surface area contributed by atoms with Crippen molar-refractivity contribution in [2.24, 2.45) is 0 Å². The minimum atomic E-state index is 0.753. The molecule has 1 aromatic carbocycles. The molecule has 0 unspecified atom stereocenters. The van der Waals surface area contributed by atoms with Gasteiger partial charge in [-0.3, -0.25) is 0 Å². The smallest absolute Gasteiger partial charge is 0.0924 e. The lowest BCUT2D eigenvalue weighted by atomic mass is 10.2. The summed E-state index contributed by atoms with van der Waals surface area (Å²) in [4.78, 5) is 6.92. The van der Waals surface area contributed by atoms with Gasteiger partial charge in [-0.05, 0) is 23.8 Å². The van der Waals surface area contributed by atoms with Crippen molar-refractivity contribution < 1.29 is 0 Å². The normalized spacial score (nSPS) is 10.9. The van der Waals surface area contributed by atoms with E-state index in [2.05, 4.69) is 9.97 Å². The predicted molar refractivity (Wildman–Crippen MR) is 59.0 cm³/mol. The van der Waals surface area contributed by atoms with E-state index in [-0.39, 0.29) is 0 Å². The van der Waals surface area contributed by atoms with E-state index in [4.69, 9.17) is 11.6 Å². The fourth-order valence-corrected chi connectivity index (χ4v) is 1.24. The van der Waals surface area contributed by atoms with Crippen LogP contribution in [0.25, 0.3) is 12.2 Å². The Balaban J connectivity index is 2.15. The Bertz CT molecular complexity index is 415. The van der Waals surface area contributed by atoms with Crippen molar-refractivity contribution in [3.05, 3.63) is 53.1 Å². The van der Waals surface area contributed by atoms with Crippen molar-refractivity contribution in [3.63, 3.8) is 0 Å². The molecular formula is C11H9ClN2. The highest BCUT2D eigenvalue weighted by Crippen LogP contribution is 2.11. The first kappa shape index (κ1) is 9.03. The van der Waals surface area contributed by atoms with Crippen LogP contribution < -0.4 is 0 Å². The summed E-state index contributed by atoms with van der Waals surface area (Å²) >= 11 is 5.77. The Labute approximate surface area is 87.3 Å². The lowest BCUT2D eigenvalue weighted by molar-refractivity contribution is 1.31. The van der Waals surface area contributed by atoms with Gasteiger partial charge in [0.25, 0.3) is 0 Å². The van der Waals surface area contributed by atoms with Crippen molar-refractivity contribution in [2.45, 2.75) is 0 Å². The molecule has 14 heavy (non-hydrogen) atoms. The van der Waals surface area contributed by atoms with Gasteiger partial charge in [-0.15, -0.1) is 0 Å². The number of rotatable bonds is 2. The van der Waals surface area contributed by atoms with Gasteiger partial charge in [0, 0.05) is 5.02 Å². The van der Waals surface area contributed by atoms with Crippen LogP contribution in [0.5, 0.6) is 0 Å². The first-order valence-corrected chi connectivity index (χ1v) is 4.64. The Hall–Kier alpha value is -1.54. The number of aromatic nitrogens is 2. The van der Waals surface area contributed by atoms with E-state index in [9.17, 15) is 0 Å². The maximum absolute atomic E-state index is 5.77. The first-order chi connectivity index (χ1) is 6.84. The average molecular weight is 205 g/mol. The molecule has 0 amide bonds. The molecule has 0 aliphatic heterocycles. The molecule has 2 nitrogen and oxygen atoms in total. The van der Waals surface area contributed by atoms with Gasteiger partial charge in [-0.2, -0.15) is 0 Å². The molecule has 0 aliphatic rings. The number of benzene rings is 1. The number of hydrogen-bond donors (Lipinski definition) is 1. The van der Waals surface area contributed by atoms with E-state index in [1.165, 1.54) is 0 Å². The van der Waals surface area contributed by atoms with Gasteiger partial charge in [0.15, 0.2) is 0 Å². The highest BCUT2D eigenvalue weighted by atomic mass is 35.5. The topological polar surface area (TPSA) is 28.7 Å². The molecular weight excluding hydrogens is 196 g/mol. The van der Waals surface area contributed by atoms with E-state index in [0.29, 0.717) is 0 Å². The van der Waals surface area contributed by atoms with Crippen LogP contribution in [0.15, 0.2) is 36.8 Å². The van der Waals surface area contributed by atoms with Crippen molar-refractivity contribution in [1.82, 2.24) is 9.97 Å². The Morgan fingerprint density at radius 2 is 1.93 bits per heavy atom. The van der Waals surface area contributed by atoms with Crippen LogP contribution >= 0.6 is 11.6 Å². The van der Waals surface area contributed by atoms with Crippen LogP contribution in [-0.2, 0) is 0 Å². The van der Waals surface area contributed by atoms with Crippen molar-refractivity contribution >= 4 is 23.8 Å². The fourth-order valence-electron chi connectivity index (χ4n) is 1.12. The molecule has 0 spiro atoms. The SMILES string of the molecule is Clc1ccc(/C=C/c2cnc[nH]2)cc1. The zero-order chi connectivity index (χ0) is 9.80. The van der Waals surface area contributed by atoms with E-state index in [1.807, 2.05) is 36.4 Å². The monoisotopic (exact) mass is 204 g/mol. The standard InChI is InChI=1S/C11H9ClN2/c12-10-4-1-9(2-5-10)3-6-11-7-13-8-14-11/h1-8H,(H,13,14)/b6-3+. The van der Waals surface area contributed by atoms with Crippen molar-refractivity contribution in [2.75, 3.05) is 0 Å². The summed E-state index contributed by atoms with van der Waals surface area (Å²) in [6, 6.07) is 7.67. The van der Waals surface area contributed by atoms with Crippen LogP contribution in [0.1, 0.15) is 11.3 Å². The summed E-state index contributed by atoms with van der Waals surface area (Å²) in [7, 11) is 0. The Morgan fingerprint density at radius 3 is 2.57 bits per heavy atom. The number of nitrogens with one attached hydrogen (secondary N) is 1. The molecule has 0 saturated carbocycles. The van der Waals surface area contributed by atoms with Gasteiger partial charge < -0.3 is 4.98 Å². The van der Waals surface area contributed by atoms with Gasteiger partial charge in [0.05, 0.1) is 18.2 Å². The third-order valence-corrected chi connectivity index (χ3v) is 2.10. The zero-order valence-electron chi connectivity index (χ0n) is 7.44. The molecule has 0 atom stereocenters. The fraction of sp³-hybridized carbons (Fsp3) is 0. The molecule has 1 aromatic heterocycles. The van der Waals surface area contributed by atoms with E-state index in [1.54, 1.807) is 12.5 Å². The van der Waals surface area contributed by atoms with Crippen LogP contribution in [0.2, 0.25) is 5.02 Å². The number of imidazole rings is 1. The minimum Gasteiger partial charge on any atom is -0.345 e. The summed E-state index contributed by atoms with van der Waals surface area (Å²) in [5, 5.41) is 0.753. The van der Waals surface area contributed by atoms with Crippen LogP contribution in [0.4, 0.5) is 0 Å². The van der Waals surface area contributed by atoms with Gasteiger partial charge in [0.1, 0.15) is 0 Å². The summed E-state index contributed by atoms with van der Waals surface area (Å²) in [5.74, 6) is 0. The van der Waals surface area contributed by atoms with Gasteiger partial charge >= 0.3 is 0 Å². The second-order valence-electron chi connectivity index (χ2n) is 2.89. The second-order valence-corrected chi connectivity index (χ2v) is 3.33. The van der Waals surface area contributed by atoms with Crippen molar-refractivity contribution in [1.29, 1.82) is 0 Å². The number of hydrogen-bond acceptors (Lipinski definition) is 1. The first-order valence-electron chi connectivity index (χ1n) is 4.26. The molecule has 0 bridgehead atoms. The maximum atomic E-state index is 5.77. The molecule has 1 N–H and O–H groups in total. The molecule has 3 heteroatoms. The highest BCUT2D eigenvalue weighted by molar-refractivity contribution is 6.30. The molecule has 0 fully saturated rings. The number of aromatic amines is 1. The quantitative estimate of drug-likeness (QED) is 0.800. The summed E-state index contributed by atoms with van der Waals surface area (Å²) in [6.45, 7) is 0. The molecule has 0 saturated heterocycles. The lowest BCUT2D eigenvalue weighted by Crippen LogP contribution is -1.71. The summed E-state index contributed by atoms with van der Waals surface area (Å²) in [6.07, 6.45) is 7.40. The second kappa shape index (κ2) is 4.11. The summed E-state index contributed by atoms with van der Waals surface area (Å²) in [5.41, 5.74) is 2.10. The summed E-state index contributed by atoms with van der Waals surface area (Å²) < 4.78 is 0. The zero-order valence-corrected chi connectivity index (χ0v) is 8.20. The predicted octanol–water partition coefficient (Wildman–Crippen LogP) is 3.23. The van der Waals surface area contributed by atoms with Crippen molar-refractivity contribution in [3.8, 4) is 0 Å². The average Bonchev–Trinajstić information content (AvgIpc) is 2.70. The Morgan fingerprint density at radius 1 is 1.14 bits per heavy atom. The van der Waals surface area contributed by atoms with Crippen LogP contribution in [0.3, 0.4) is 0 Å². The lowest BCUT2D eigenvalue weighted by Gasteiger charge is -1.92. The minimum absolute atomic E-state index is 0.753. The number of H-pyrrole nitrogens is 1. The van der Waals surface area contributed by atoms with Crippen LogP contribution in [0, 0.1) is 0 Å². The molecule has 2 rings (SSSR count). The van der Waals surface area contributed by atoms with E-state index < -0.39 is 0 Å². The maximum Gasteiger partial charge on any atom is 0.0924 e. The number of halogens is 1. The Kier molecular flexibility index (Phi) is 2.65.